The zero-order valence-electron chi connectivity index (χ0n) is 8.53. The Labute approximate surface area is 88.7 Å². The monoisotopic (exact) mass is 207 g/mol. The lowest BCUT2D eigenvalue weighted by Gasteiger charge is -2.32. The summed E-state index contributed by atoms with van der Waals surface area (Å²) in [6, 6.07) is 6.57. The summed E-state index contributed by atoms with van der Waals surface area (Å²) in [6.45, 7) is 0.811. The minimum Gasteiger partial charge on any atom is -0.338 e. The van der Waals surface area contributed by atoms with Crippen molar-refractivity contribution in [3.05, 3.63) is 35.6 Å². The average Bonchev–Trinajstić information content (AvgIpc) is 2.30. The van der Waals surface area contributed by atoms with Gasteiger partial charge < -0.3 is 4.90 Å². The van der Waals surface area contributed by atoms with Crippen LogP contribution in [0.25, 0.3) is 0 Å². The third-order valence-corrected chi connectivity index (χ3v) is 2.93. The molecule has 1 amide bonds. The van der Waals surface area contributed by atoms with Crippen molar-refractivity contribution in [2.75, 3.05) is 6.54 Å². The molecule has 15 heavy (non-hydrogen) atoms. The SMILES string of the molecule is O=CN1CCCCC1c1ccc(F)cc1. The van der Waals surface area contributed by atoms with E-state index in [2.05, 4.69) is 0 Å². The molecule has 1 atom stereocenters. The van der Waals surface area contributed by atoms with Crippen LogP contribution in [-0.2, 0) is 4.79 Å². The Balaban J connectivity index is 2.20. The zero-order chi connectivity index (χ0) is 10.7. The van der Waals surface area contributed by atoms with Gasteiger partial charge in [-0.2, -0.15) is 0 Å². The Morgan fingerprint density at radius 3 is 2.67 bits per heavy atom. The first-order valence-corrected chi connectivity index (χ1v) is 5.28. The van der Waals surface area contributed by atoms with Gasteiger partial charge in [0, 0.05) is 6.54 Å². The van der Waals surface area contributed by atoms with Crippen LogP contribution in [0.3, 0.4) is 0 Å². The Kier molecular flexibility index (Phi) is 2.99. The minimum atomic E-state index is -0.229. The van der Waals surface area contributed by atoms with Crippen molar-refractivity contribution in [2.24, 2.45) is 0 Å². The highest BCUT2D eigenvalue weighted by atomic mass is 19.1. The van der Waals surface area contributed by atoms with Crippen molar-refractivity contribution in [3.8, 4) is 0 Å². The van der Waals surface area contributed by atoms with E-state index >= 15 is 0 Å². The van der Waals surface area contributed by atoms with Crippen LogP contribution in [0.5, 0.6) is 0 Å². The van der Waals surface area contributed by atoms with E-state index in [1.807, 2.05) is 0 Å². The molecule has 2 nitrogen and oxygen atoms in total. The molecule has 0 saturated carbocycles. The molecule has 1 aliphatic rings. The lowest BCUT2D eigenvalue weighted by atomic mass is 9.96. The molecule has 1 aliphatic heterocycles. The van der Waals surface area contributed by atoms with Crippen LogP contribution in [-0.4, -0.2) is 17.9 Å². The molecule has 1 fully saturated rings. The lowest BCUT2D eigenvalue weighted by molar-refractivity contribution is -0.121. The van der Waals surface area contributed by atoms with E-state index in [1.54, 1.807) is 17.0 Å². The predicted octanol–water partition coefficient (Wildman–Crippen LogP) is 2.51. The minimum absolute atomic E-state index is 0.136. The first-order chi connectivity index (χ1) is 7.31. The molecule has 3 heteroatoms. The van der Waals surface area contributed by atoms with Gasteiger partial charge in [0.2, 0.25) is 6.41 Å². The Hall–Kier alpha value is -1.38. The highest BCUT2D eigenvalue weighted by Crippen LogP contribution is 2.29. The van der Waals surface area contributed by atoms with Gasteiger partial charge in [0.25, 0.3) is 0 Å². The van der Waals surface area contributed by atoms with E-state index in [4.69, 9.17) is 0 Å². The van der Waals surface area contributed by atoms with Crippen LogP contribution in [0.15, 0.2) is 24.3 Å². The topological polar surface area (TPSA) is 20.3 Å². The van der Waals surface area contributed by atoms with Gasteiger partial charge in [0.15, 0.2) is 0 Å². The van der Waals surface area contributed by atoms with E-state index in [0.29, 0.717) is 0 Å². The van der Waals surface area contributed by atoms with Crippen LogP contribution in [0.2, 0.25) is 0 Å². The molecule has 1 unspecified atom stereocenters. The normalized spacial score (nSPS) is 21.4. The molecule has 1 heterocycles. The largest absolute Gasteiger partial charge is 0.338 e. The number of rotatable bonds is 2. The van der Waals surface area contributed by atoms with Crippen LogP contribution in [0.1, 0.15) is 30.9 Å². The Morgan fingerprint density at radius 1 is 1.27 bits per heavy atom. The lowest BCUT2D eigenvalue weighted by Crippen LogP contribution is -2.32. The Morgan fingerprint density at radius 2 is 2.00 bits per heavy atom. The maximum Gasteiger partial charge on any atom is 0.210 e. The van der Waals surface area contributed by atoms with Gasteiger partial charge in [0.1, 0.15) is 5.82 Å². The first kappa shape index (κ1) is 10.1. The summed E-state index contributed by atoms with van der Waals surface area (Å²) in [6.07, 6.45) is 4.07. The summed E-state index contributed by atoms with van der Waals surface area (Å²) < 4.78 is 12.7. The summed E-state index contributed by atoms with van der Waals surface area (Å²) in [4.78, 5) is 12.7. The van der Waals surface area contributed by atoms with E-state index in [0.717, 1.165) is 37.8 Å². The molecule has 1 aromatic rings. The van der Waals surface area contributed by atoms with Gasteiger partial charge in [-0.15, -0.1) is 0 Å². The fourth-order valence-corrected chi connectivity index (χ4v) is 2.12. The van der Waals surface area contributed by atoms with Crippen molar-refractivity contribution in [3.63, 3.8) is 0 Å². The second kappa shape index (κ2) is 4.43. The van der Waals surface area contributed by atoms with Crippen molar-refractivity contribution >= 4 is 6.41 Å². The van der Waals surface area contributed by atoms with E-state index < -0.39 is 0 Å². The standard InChI is InChI=1S/C12H14FNO/c13-11-6-4-10(5-7-11)12-3-1-2-8-14(12)9-15/h4-7,9,12H,1-3,8H2. The van der Waals surface area contributed by atoms with Crippen molar-refractivity contribution < 1.29 is 9.18 Å². The molecule has 0 aliphatic carbocycles. The molecule has 0 N–H and O–H groups in total. The molecule has 2 rings (SSSR count). The number of nitrogens with zero attached hydrogens (tertiary/aromatic N) is 1. The van der Waals surface area contributed by atoms with Gasteiger partial charge in [-0.3, -0.25) is 4.79 Å². The summed E-state index contributed by atoms with van der Waals surface area (Å²) in [5, 5.41) is 0. The smallest absolute Gasteiger partial charge is 0.210 e. The highest BCUT2D eigenvalue weighted by Gasteiger charge is 2.22. The number of carbonyl (C=O) groups excluding carboxylic acids is 1. The molecule has 0 spiro atoms. The number of hydrogen-bond acceptors (Lipinski definition) is 1. The zero-order valence-corrected chi connectivity index (χ0v) is 8.53. The molecule has 0 radical (unpaired) electrons. The van der Waals surface area contributed by atoms with Crippen LogP contribution >= 0.6 is 0 Å². The summed E-state index contributed by atoms with van der Waals surface area (Å²) in [5.41, 5.74) is 1.03. The quantitative estimate of drug-likeness (QED) is 0.682. The van der Waals surface area contributed by atoms with E-state index in [9.17, 15) is 9.18 Å². The number of likely N-dealkylation sites (tertiary alicyclic amines) is 1. The third kappa shape index (κ3) is 2.17. The fraction of sp³-hybridized carbons (Fsp3) is 0.417. The van der Waals surface area contributed by atoms with E-state index in [1.165, 1.54) is 12.1 Å². The second-order valence-electron chi connectivity index (χ2n) is 3.91. The number of piperidine rings is 1. The van der Waals surface area contributed by atoms with Gasteiger partial charge in [0.05, 0.1) is 6.04 Å². The van der Waals surface area contributed by atoms with Gasteiger partial charge >= 0.3 is 0 Å². The number of hydrogen-bond donors (Lipinski definition) is 0. The predicted molar refractivity (Wildman–Crippen MR) is 55.8 cm³/mol. The van der Waals surface area contributed by atoms with Crippen molar-refractivity contribution in [2.45, 2.75) is 25.3 Å². The molecule has 1 saturated heterocycles. The molecule has 0 aromatic heterocycles. The van der Waals surface area contributed by atoms with Gasteiger partial charge in [-0.05, 0) is 37.0 Å². The molecular weight excluding hydrogens is 193 g/mol. The average molecular weight is 207 g/mol. The van der Waals surface area contributed by atoms with Crippen LogP contribution < -0.4 is 0 Å². The molecular formula is C12H14FNO. The molecule has 1 aromatic carbocycles. The summed E-state index contributed by atoms with van der Waals surface area (Å²) >= 11 is 0. The van der Waals surface area contributed by atoms with Crippen LogP contribution in [0.4, 0.5) is 4.39 Å². The maximum absolute atomic E-state index is 12.7. The number of benzene rings is 1. The number of halogens is 1. The maximum atomic E-state index is 12.7. The summed E-state index contributed by atoms with van der Waals surface area (Å²) in [7, 11) is 0. The summed E-state index contributed by atoms with van der Waals surface area (Å²) in [5.74, 6) is -0.229. The number of amides is 1. The molecule has 0 bridgehead atoms. The molecule has 80 valence electrons. The highest BCUT2D eigenvalue weighted by molar-refractivity contribution is 5.49. The fourth-order valence-electron chi connectivity index (χ4n) is 2.12. The van der Waals surface area contributed by atoms with E-state index in [-0.39, 0.29) is 11.9 Å². The first-order valence-electron chi connectivity index (χ1n) is 5.28. The van der Waals surface area contributed by atoms with Crippen LogP contribution in [0, 0.1) is 5.82 Å². The van der Waals surface area contributed by atoms with Gasteiger partial charge in [-0.25, -0.2) is 4.39 Å². The van der Waals surface area contributed by atoms with Crippen molar-refractivity contribution in [1.82, 2.24) is 4.90 Å². The number of carbonyl (C=O) groups is 1. The Bertz CT molecular complexity index is 336. The third-order valence-electron chi connectivity index (χ3n) is 2.93. The van der Waals surface area contributed by atoms with Crippen molar-refractivity contribution in [1.29, 1.82) is 0 Å². The second-order valence-corrected chi connectivity index (χ2v) is 3.91. The van der Waals surface area contributed by atoms with Gasteiger partial charge in [-0.1, -0.05) is 12.1 Å².